The molecule has 2 amide bonds. The minimum Gasteiger partial charge on any atom is -0.497 e. The molecule has 0 saturated carbocycles. The first-order valence-electron chi connectivity index (χ1n) is 8.88. The van der Waals surface area contributed by atoms with Crippen molar-refractivity contribution in [3.8, 4) is 5.75 Å². The lowest BCUT2D eigenvalue weighted by Gasteiger charge is -2.16. The van der Waals surface area contributed by atoms with Crippen molar-refractivity contribution in [2.45, 2.75) is 12.3 Å². The average Bonchev–Trinajstić information content (AvgIpc) is 3.34. The summed E-state index contributed by atoms with van der Waals surface area (Å²) in [5, 5.41) is 12.2. The number of ether oxygens (including phenoxy) is 1. The Bertz CT molecular complexity index is 1050. The molecule has 1 aliphatic rings. The number of amides is 2. The number of carbonyl (C=O) groups is 2. The zero-order valence-corrected chi connectivity index (χ0v) is 18.4. The number of rotatable bonds is 5. The van der Waals surface area contributed by atoms with E-state index in [9.17, 15) is 9.59 Å². The zero-order valence-electron chi connectivity index (χ0n) is 15.5. The quantitative estimate of drug-likeness (QED) is 0.516. The van der Waals surface area contributed by atoms with Crippen molar-refractivity contribution in [2.75, 3.05) is 23.9 Å². The van der Waals surface area contributed by atoms with Crippen LogP contribution in [0.3, 0.4) is 0 Å². The minimum absolute atomic E-state index is 0.0415. The van der Waals surface area contributed by atoms with Gasteiger partial charge in [0.15, 0.2) is 0 Å². The van der Waals surface area contributed by atoms with Crippen molar-refractivity contribution in [2.24, 2.45) is 0 Å². The van der Waals surface area contributed by atoms with Gasteiger partial charge in [-0.15, -0.1) is 10.2 Å². The van der Waals surface area contributed by atoms with Crippen molar-refractivity contribution in [3.05, 3.63) is 62.7 Å². The first-order valence-corrected chi connectivity index (χ1v) is 10.8. The molecule has 9 heteroatoms. The molecule has 1 fully saturated rings. The Labute approximate surface area is 185 Å². The maximum absolute atomic E-state index is 12.5. The Kier molecular flexibility index (Phi) is 5.76. The molecule has 1 aromatic heterocycles. The summed E-state index contributed by atoms with van der Waals surface area (Å²) in [5.41, 5.74) is 1.39. The van der Waals surface area contributed by atoms with E-state index in [0.29, 0.717) is 23.7 Å². The zero-order chi connectivity index (χ0) is 20.4. The molecule has 0 bridgehead atoms. The van der Waals surface area contributed by atoms with E-state index < -0.39 is 0 Å². The molecule has 0 radical (unpaired) electrons. The van der Waals surface area contributed by atoms with Crippen LogP contribution in [0.25, 0.3) is 0 Å². The Morgan fingerprint density at radius 3 is 2.76 bits per heavy atom. The lowest BCUT2D eigenvalue weighted by atomic mass is 10.1. The lowest BCUT2D eigenvalue weighted by Crippen LogP contribution is -2.24. The minimum atomic E-state index is -0.228. The van der Waals surface area contributed by atoms with Gasteiger partial charge < -0.3 is 9.64 Å². The number of aromatic nitrogens is 2. The van der Waals surface area contributed by atoms with Gasteiger partial charge in [0, 0.05) is 33.7 Å². The average molecular weight is 520 g/mol. The Morgan fingerprint density at radius 1 is 1.24 bits per heavy atom. The normalized spacial score (nSPS) is 16.1. The van der Waals surface area contributed by atoms with E-state index in [1.165, 1.54) is 11.3 Å². The topological polar surface area (TPSA) is 84.4 Å². The predicted molar refractivity (Wildman–Crippen MR) is 120 cm³/mol. The fourth-order valence-corrected chi connectivity index (χ4v) is 4.51. The Hall–Kier alpha value is -2.53. The maximum atomic E-state index is 12.5. The molecule has 0 spiro atoms. The fraction of sp³-hybridized carbons (Fsp3) is 0.200. The second-order valence-corrected chi connectivity index (χ2v) is 8.77. The summed E-state index contributed by atoms with van der Waals surface area (Å²) < 4.78 is 6.15. The van der Waals surface area contributed by atoms with Gasteiger partial charge >= 0.3 is 0 Å². The van der Waals surface area contributed by atoms with Gasteiger partial charge in [-0.05, 0) is 65.1 Å². The van der Waals surface area contributed by atoms with Gasteiger partial charge in [0.1, 0.15) is 10.8 Å². The first-order chi connectivity index (χ1) is 14.0. The molecule has 7 nitrogen and oxygen atoms in total. The third kappa shape index (κ3) is 4.40. The van der Waals surface area contributed by atoms with Crippen molar-refractivity contribution in [3.63, 3.8) is 0 Å². The molecule has 2 aromatic carbocycles. The van der Waals surface area contributed by atoms with E-state index in [1.54, 1.807) is 24.1 Å². The van der Waals surface area contributed by atoms with Crippen LogP contribution in [0.4, 0.5) is 10.8 Å². The SMILES string of the molecule is COc1ccc(N2CC(c3nnc(NC(=O)c4cccc(I)c4)s3)CC2=O)cc1. The second-order valence-electron chi connectivity index (χ2n) is 6.51. The number of nitrogens with zero attached hydrogens (tertiary/aromatic N) is 3. The maximum Gasteiger partial charge on any atom is 0.257 e. The van der Waals surface area contributed by atoms with E-state index >= 15 is 0 Å². The smallest absolute Gasteiger partial charge is 0.257 e. The Balaban J connectivity index is 1.44. The van der Waals surface area contributed by atoms with Crippen LogP contribution >= 0.6 is 33.9 Å². The third-order valence-electron chi connectivity index (χ3n) is 4.61. The number of hydrogen-bond acceptors (Lipinski definition) is 6. The van der Waals surface area contributed by atoms with Crippen molar-refractivity contribution in [1.82, 2.24) is 10.2 Å². The van der Waals surface area contributed by atoms with E-state index in [1.807, 2.05) is 36.4 Å². The van der Waals surface area contributed by atoms with E-state index in [0.717, 1.165) is 20.0 Å². The van der Waals surface area contributed by atoms with Gasteiger partial charge in [0.05, 0.1) is 7.11 Å². The number of nitrogens with one attached hydrogen (secondary N) is 1. The van der Waals surface area contributed by atoms with Crippen molar-refractivity contribution >= 4 is 56.6 Å². The molecular formula is C20H17IN4O3S. The summed E-state index contributed by atoms with van der Waals surface area (Å²) in [6.45, 7) is 0.532. The number of methoxy groups -OCH3 is 1. The number of anilines is 2. The van der Waals surface area contributed by atoms with E-state index in [2.05, 4.69) is 38.1 Å². The molecule has 1 saturated heterocycles. The first kappa shape index (κ1) is 19.8. The van der Waals surface area contributed by atoms with Crippen molar-refractivity contribution < 1.29 is 14.3 Å². The monoisotopic (exact) mass is 520 g/mol. The predicted octanol–water partition coefficient (Wildman–Crippen LogP) is 3.92. The lowest BCUT2D eigenvalue weighted by molar-refractivity contribution is -0.117. The summed E-state index contributed by atoms with van der Waals surface area (Å²) in [4.78, 5) is 26.6. The molecule has 0 aliphatic carbocycles. The summed E-state index contributed by atoms with van der Waals surface area (Å²) in [6, 6.07) is 14.7. The van der Waals surface area contributed by atoms with Gasteiger partial charge in [-0.3, -0.25) is 14.9 Å². The van der Waals surface area contributed by atoms with Crippen molar-refractivity contribution in [1.29, 1.82) is 0 Å². The molecule has 1 unspecified atom stereocenters. The highest BCUT2D eigenvalue weighted by atomic mass is 127. The molecule has 2 heterocycles. The molecular weight excluding hydrogens is 503 g/mol. The van der Waals surface area contributed by atoms with Gasteiger partial charge in [-0.2, -0.15) is 0 Å². The van der Waals surface area contributed by atoms with Gasteiger partial charge in [0.2, 0.25) is 11.0 Å². The molecule has 1 atom stereocenters. The highest BCUT2D eigenvalue weighted by Gasteiger charge is 2.34. The second kappa shape index (κ2) is 8.46. The molecule has 3 aromatic rings. The third-order valence-corrected chi connectivity index (χ3v) is 6.28. The number of hydrogen-bond donors (Lipinski definition) is 1. The van der Waals surface area contributed by atoms with Crippen LogP contribution in [0.15, 0.2) is 48.5 Å². The molecule has 29 heavy (non-hydrogen) atoms. The van der Waals surface area contributed by atoms with Crippen LogP contribution in [-0.2, 0) is 4.79 Å². The summed E-state index contributed by atoms with van der Waals surface area (Å²) in [5.74, 6) is 0.508. The fourth-order valence-electron chi connectivity index (χ4n) is 3.13. The van der Waals surface area contributed by atoms with Crippen LogP contribution in [0, 0.1) is 3.57 Å². The van der Waals surface area contributed by atoms with Gasteiger partial charge in [0.25, 0.3) is 5.91 Å². The molecule has 4 rings (SSSR count). The van der Waals surface area contributed by atoms with Crippen LogP contribution in [0.2, 0.25) is 0 Å². The molecule has 1 N–H and O–H groups in total. The van der Waals surface area contributed by atoms with Crippen LogP contribution in [-0.4, -0.2) is 35.7 Å². The number of carbonyl (C=O) groups excluding carboxylic acids is 2. The van der Waals surface area contributed by atoms with Crippen LogP contribution in [0.5, 0.6) is 5.75 Å². The highest BCUT2D eigenvalue weighted by Crippen LogP contribution is 2.34. The van der Waals surface area contributed by atoms with Gasteiger partial charge in [-0.1, -0.05) is 17.4 Å². The largest absolute Gasteiger partial charge is 0.497 e. The Morgan fingerprint density at radius 2 is 2.03 bits per heavy atom. The van der Waals surface area contributed by atoms with E-state index in [4.69, 9.17) is 4.74 Å². The summed E-state index contributed by atoms with van der Waals surface area (Å²) in [6.07, 6.45) is 0.367. The standard InChI is InChI=1S/C20H17IN4O3S/c1-28-16-7-5-15(6-8-16)25-11-13(10-17(25)26)19-23-24-20(29-19)22-18(27)12-3-2-4-14(21)9-12/h2-9,13H,10-11H2,1H3,(H,22,24,27). The van der Waals surface area contributed by atoms with Crippen LogP contribution in [0.1, 0.15) is 27.7 Å². The van der Waals surface area contributed by atoms with E-state index in [-0.39, 0.29) is 17.7 Å². The molecule has 148 valence electrons. The van der Waals surface area contributed by atoms with Crippen LogP contribution < -0.4 is 15.0 Å². The molecule has 1 aliphatic heterocycles. The van der Waals surface area contributed by atoms with Gasteiger partial charge in [-0.25, -0.2) is 0 Å². The number of halogens is 1. The summed E-state index contributed by atoms with van der Waals surface area (Å²) >= 11 is 3.47. The highest BCUT2D eigenvalue weighted by molar-refractivity contribution is 14.1. The number of benzene rings is 2. The summed E-state index contributed by atoms with van der Waals surface area (Å²) in [7, 11) is 1.61.